The molecule has 0 amide bonds. The van der Waals surface area contributed by atoms with Crippen molar-refractivity contribution >= 4 is 11.9 Å². The second kappa shape index (κ2) is 7.53. The van der Waals surface area contributed by atoms with E-state index in [9.17, 15) is 10.1 Å². The molecule has 0 spiro atoms. The van der Waals surface area contributed by atoms with E-state index in [1.807, 2.05) is 78.9 Å². The molecule has 4 rings (SSSR count). The average molecular weight is 377 g/mol. The van der Waals surface area contributed by atoms with E-state index in [1.165, 1.54) is 0 Å². The molecule has 3 aromatic rings. The molecule has 0 unspecified atom stereocenters. The van der Waals surface area contributed by atoms with E-state index in [0.717, 1.165) is 27.8 Å². The van der Waals surface area contributed by atoms with Crippen molar-refractivity contribution in [1.82, 2.24) is 0 Å². The van der Waals surface area contributed by atoms with E-state index in [-0.39, 0.29) is 5.78 Å². The number of carbonyl (C=O) groups is 1. The van der Waals surface area contributed by atoms with Crippen molar-refractivity contribution in [2.75, 3.05) is 0 Å². The van der Waals surface area contributed by atoms with Crippen LogP contribution in [-0.2, 0) is 5.41 Å². The number of benzene rings is 3. The van der Waals surface area contributed by atoms with Crippen LogP contribution < -0.4 is 0 Å². The summed E-state index contributed by atoms with van der Waals surface area (Å²) in [6.07, 6.45) is 2.31. The third-order valence-corrected chi connectivity index (χ3v) is 5.79. The van der Waals surface area contributed by atoms with Gasteiger partial charge in [0.15, 0.2) is 5.78 Å². The quantitative estimate of drug-likeness (QED) is 0.524. The van der Waals surface area contributed by atoms with Gasteiger partial charge >= 0.3 is 0 Å². The van der Waals surface area contributed by atoms with Crippen molar-refractivity contribution in [1.29, 1.82) is 5.26 Å². The molecular formula is C27H23NO. The van der Waals surface area contributed by atoms with Gasteiger partial charge < -0.3 is 0 Å². The molecule has 0 aliphatic heterocycles. The smallest absolute Gasteiger partial charge is 0.189 e. The maximum atomic E-state index is 13.3. The van der Waals surface area contributed by atoms with E-state index in [2.05, 4.69) is 26.0 Å². The van der Waals surface area contributed by atoms with Crippen molar-refractivity contribution in [3.63, 3.8) is 0 Å². The number of Topliss-reactive ketones (excluding diaryl/α,β-unsaturated/α-hetero) is 1. The third-order valence-electron chi connectivity index (χ3n) is 5.79. The Kier molecular flexibility index (Phi) is 4.91. The van der Waals surface area contributed by atoms with Crippen molar-refractivity contribution in [2.45, 2.75) is 31.6 Å². The molecule has 2 nitrogen and oxygen atoms in total. The van der Waals surface area contributed by atoms with Gasteiger partial charge in [0.2, 0.25) is 0 Å². The number of carbonyl (C=O) groups excluding carboxylic acids is 1. The number of nitrogens with zero attached hydrogens (tertiary/aromatic N) is 1. The van der Waals surface area contributed by atoms with Crippen LogP contribution in [0.4, 0.5) is 0 Å². The second-order valence-electron chi connectivity index (χ2n) is 7.93. The number of ketones is 1. The predicted octanol–water partition coefficient (Wildman–Crippen LogP) is 6.29. The van der Waals surface area contributed by atoms with Crippen LogP contribution in [-0.4, -0.2) is 5.78 Å². The van der Waals surface area contributed by atoms with E-state index < -0.39 is 5.41 Å². The normalized spacial score (nSPS) is 13.2. The Balaban J connectivity index is 1.79. The van der Waals surface area contributed by atoms with Crippen LogP contribution >= 0.6 is 0 Å². The molecule has 0 radical (unpaired) electrons. The summed E-state index contributed by atoms with van der Waals surface area (Å²) in [7, 11) is 0. The lowest BCUT2D eigenvalue weighted by Crippen LogP contribution is -2.27. The first-order valence-electron chi connectivity index (χ1n) is 9.96. The zero-order chi connectivity index (χ0) is 20.4. The molecule has 0 atom stereocenters. The van der Waals surface area contributed by atoms with Gasteiger partial charge in [0.05, 0.1) is 6.07 Å². The summed E-state index contributed by atoms with van der Waals surface area (Å²) in [6.45, 7) is 4.25. The molecular weight excluding hydrogens is 354 g/mol. The highest BCUT2D eigenvalue weighted by Crippen LogP contribution is 2.41. The van der Waals surface area contributed by atoms with Gasteiger partial charge in [-0.15, -0.1) is 0 Å². The molecule has 0 saturated heterocycles. The predicted molar refractivity (Wildman–Crippen MR) is 117 cm³/mol. The molecule has 0 N–H and O–H groups in total. The van der Waals surface area contributed by atoms with Crippen LogP contribution in [0.3, 0.4) is 0 Å². The van der Waals surface area contributed by atoms with E-state index in [4.69, 9.17) is 0 Å². The first kappa shape index (κ1) is 18.9. The molecule has 0 bridgehead atoms. The summed E-state index contributed by atoms with van der Waals surface area (Å²) in [5, 5.41) is 10.4. The number of hydrogen-bond acceptors (Lipinski definition) is 2. The molecule has 1 aliphatic rings. The van der Waals surface area contributed by atoms with Crippen LogP contribution in [0, 0.1) is 11.3 Å². The molecule has 142 valence electrons. The molecule has 29 heavy (non-hydrogen) atoms. The van der Waals surface area contributed by atoms with Gasteiger partial charge in [-0.2, -0.15) is 5.26 Å². The zero-order valence-corrected chi connectivity index (χ0v) is 16.7. The molecule has 0 aromatic heterocycles. The Morgan fingerprint density at radius 1 is 0.897 bits per heavy atom. The highest BCUT2D eigenvalue weighted by atomic mass is 16.1. The molecule has 0 saturated carbocycles. The van der Waals surface area contributed by atoms with Gasteiger partial charge in [0.1, 0.15) is 5.41 Å². The highest BCUT2D eigenvalue weighted by Gasteiger charge is 2.38. The number of allylic oxidation sites excluding steroid dienone is 1. The first-order valence-corrected chi connectivity index (χ1v) is 9.96. The Morgan fingerprint density at radius 3 is 2.00 bits per heavy atom. The summed E-state index contributed by atoms with van der Waals surface area (Å²) in [6, 6.07) is 28.2. The summed E-state index contributed by atoms with van der Waals surface area (Å²) in [5.74, 6) is 0.401. The van der Waals surface area contributed by atoms with Crippen LogP contribution in [0.15, 0.2) is 84.4 Å². The maximum absolute atomic E-state index is 13.3. The molecule has 3 aromatic carbocycles. The van der Waals surface area contributed by atoms with Crippen molar-refractivity contribution in [3.05, 3.63) is 112 Å². The largest absolute Gasteiger partial charge is 0.289 e. The minimum Gasteiger partial charge on any atom is -0.289 e. The summed E-state index contributed by atoms with van der Waals surface area (Å²) in [5.41, 5.74) is 4.44. The van der Waals surface area contributed by atoms with Gasteiger partial charge in [-0.05, 0) is 40.3 Å². The third kappa shape index (κ3) is 3.30. The lowest BCUT2D eigenvalue weighted by molar-refractivity contribution is 0.103. The lowest BCUT2D eigenvalue weighted by Gasteiger charge is -2.28. The van der Waals surface area contributed by atoms with Crippen molar-refractivity contribution in [2.24, 2.45) is 0 Å². The average Bonchev–Trinajstić information content (AvgIpc) is 3.08. The minimum absolute atomic E-state index is 0.0361. The lowest BCUT2D eigenvalue weighted by atomic mass is 9.71. The second-order valence-corrected chi connectivity index (χ2v) is 7.93. The van der Waals surface area contributed by atoms with E-state index >= 15 is 0 Å². The molecule has 2 heteroatoms. The number of hydrogen-bond donors (Lipinski definition) is 0. The van der Waals surface area contributed by atoms with Gasteiger partial charge in [-0.25, -0.2) is 0 Å². The van der Waals surface area contributed by atoms with Crippen LogP contribution in [0.5, 0.6) is 0 Å². The van der Waals surface area contributed by atoms with Gasteiger partial charge in [0, 0.05) is 17.6 Å². The Morgan fingerprint density at radius 2 is 1.48 bits per heavy atom. The van der Waals surface area contributed by atoms with Crippen molar-refractivity contribution in [3.8, 4) is 6.07 Å². The number of nitriles is 1. The van der Waals surface area contributed by atoms with Gasteiger partial charge in [0.25, 0.3) is 0 Å². The number of fused-ring (bicyclic) bond motifs is 1. The standard InChI is InChI=1S/C27H23NO/c1-19(2)20-13-14-21-15-22(26(29)25(21)16-20)17-27(18-28,23-9-5-3-6-10-23)24-11-7-4-8-12-24/h3-16,19H,17H2,1-2H3. The Labute approximate surface area is 172 Å². The fraction of sp³-hybridized carbons (Fsp3) is 0.185. The van der Waals surface area contributed by atoms with E-state index in [1.54, 1.807) is 0 Å². The zero-order valence-electron chi connectivity index (χ0n) is 16.7. The summed E-state index contributed by atoms with van der Waals surface area (Å²) in [4.78, 5) is 13.3. The minimum atomic E-state index is -0.910. The Hall–Kier alpha value is -3.44. The van der Waals surface area contributed by atoms with Crippen LogP contribution in [0.1, 0.15) is 58.8 Å². The molecule has 0 fully saturated rings. The van der Waals surface area contributed by atoms with Crippen molar-refractivity contribution < 1.29 is 4.79 Å². The molecule has 1 aliphatic carbocycles. The fourth-order valence-corrected chi connectivity index (χ4v) is 4.08. The van der Waals surface area contributed by atoms with Gasteiger partial charge in [-0.3, -0.25) is 4.79 Å². The summed E-state index contributed by atoms with van der Waals surface area (Å²) < 4.78 is 0. The monoisotopic (exact) mass is 377 g/mol. The maximum Gasteiger partial charge on any atom is 0.189 e. The molecule has 0 heterocycles. The SMILES string of the molecule is CC(C)c1ccc2c(c1)C(=O)C(CC(C#N)(c1ccccc1)c1ccccc1)=C2. The fourth-order valence-electron chi connectivity index (χ4n) is 4.08. The number of rotatable bonds is 5. The van der Waals surface area contributed by atoms with Gasteiger partial charge in [-0.1, -0.05) is 86.6 Å². The van der Waals surface area contributed by atoms with Crippen LogP contribution in [0.2, 0.25) is 0 Å². The van der Waals surface area contributed by atoms with E-state index in [0.29, 0.717) is 17.9 Å². The van der Waals surface area contributed by atoms with Crippen LogP contribution in [0.25, 0.3) is 6.08 Å². The summed E-state index contributed by atoms with van der Waals surface area (Å²) >= 11 is 0. The Bertz CT molecular complexity index is 1080. The highest BCUT2D eigenvalue weighted by molar-refractivity contribution is 6.18. The first-order chi connectivity index (χ1) is 14.0. The topological polar surface area (TPSA) is 40.9 Å².